The molecule has 182 valence electrons. The number of rotatable bonds is 6. The number of nitrogens with one attached hydrogen (secondary N) is 1. The maximum absolute atomic E-state index is 13.2. The molecule has 8 nitrogen and oxygen atoms in total. The van der Waals surface area contributed by atoms with Crippen LogP contribution in [-0.2, 0) is 21.3 Å². The number of thiocarbonyl (C=S) groups is 1. The van der Waals surface area contributed by atoms with Gasteiger partial charge in [0.25, 0.3) is 5.91 Å². The van der Waals surface area contributed by atoms with Crippen molar-refractivity contribution < 1.29 is 17.9 Å². The van der Waals surface area contributed by atoms with Crippen molar-refractivity contribution in [2.75, 3.05) is 31.2 Å². The van der Waals surface area contributed by atoms with Gasteiger partial charge in [-0.15, -0.1) is 0 Å². The van der Waals surface area contributed by atoms with E-state index in [0.29, 0.717) is 31.1 Å². The molecule has 0 atom stereocenters. The van der Waals surface area contributed by atoms with E-state index < -0.39 is 15.9 Å². The number of morpholine rings is 1. The van der Waals surface area contributed by atoms with Crippen LogP contribution in [0.5, 0.6) is 0 Å². The van der Waals surface area contributed by atoms with E-state index in [1.54, 1.807) is 30.2 Å². The summed E-state index contributed by atoms with van der Waals surface area (Å²) >= 11 is 5.60. The molecule has 1 saturated heterocycles. The highest BCUT2D eigenvalue weighted by molar-refractivity contribution is 7.89. The Kier molecular flexibility index (Phi) is 7.86. The highest BCUT2D eigenvalue weighted by atomic mass is 32.2. The number of nitrogens with zero attached hydrogens (tertiary/aromatic N) is 3. The third kappa shape index (κ3) is 5.91. The molecule has 2 aromatic carbocycles. The molecule has 0 bridgehead atoms. The van der Waals surface area contributed by atoms with Crippen molar-refractivity contribution >= 4 is 39.1 Å². The smallest absolute Gasteiger partial charge is 0.257 e. The lowest BCUT2D eigenvalue weighted by molar-refractivity contribution is 0.0730. The Balaban J connectivity index is 1.58. The van der Waals surface area contributed by atoms with E-state index >= 15 is 0 Å². The van der Waals surface area contributed by atoms with Gasteiger partial charge in [-0.05, 0) is 54.5 Å². The number of pyridine rings is 1. The molecule has 0 radical (unpaired) electrons. The van der Waals surface area contributed by atoms with Crippen molar-refractivity contribution in [1.82, 2.24) is 14.6 Å². The van der Waals surface area contributed by atoms with Crippen molar-refractivity contribution in [3.63, 3.8) is 0 Å². The van der Waals surface area contributed by atoms with Crippen molar-refractivity contribution in [3.05, 3.63) is 89.6 Å². The molecule has 0 spiro atoms. The van der Waals surface area contributed by atoms with E-state index in [2.05, 4.69) is 10.3 Å². The van der Waals surface area contributed by atoms with E-state index in [4.69, 9.17) is 17.0 Å². The highest BCUT2D eigenvalue weighted by Crippen LogP contribution is 2.21. The number of hydrogen-bond acceptors (Lipinski definition) is 6. The van der Waals surface area contributed by atoms with Gasteiger partial charge in [0, 0.05) is 24.8 Å². The first-order chi connectivity index (χ1) is 16.9. The molecule has 10 heteroatoms. The van der Waals surface area contributed by atoms with Crippen molar-refractivity contribution in [1.29, 1.82) is 0 Å². The average molecular weight is 511 g/mol. The molecule has 0 saturated carbocycles. The van der Waals surface area contributed by atoms with Gasteiger partial charge >= 0.3 is 0 Å². The SMILES string of the molecule is Cc1ccc(S(=O)(=O)N2CCOCC2)cc1C(=O)NC(=S)N(Cc1ccccc1)c1ccccn1. The van der Waals surface area contributed by atoms with Crippen LogP contribution < -0.4 is 10.2 Å². The average Bonchev–Trinajstić information content (AvgIpc) is 2.89. The summed E-state index contributed by atoms with van der Waals surface area (Å²) in [6.07, 6.45) is 1.65. The normalized spacial score (nSPS) is 14.3. The molecule has 0 unspecified atom stereocenters. The molecule has 1 amide bonds. The van der Waals surface area contributed by atoms with Crippen LogP contribution in [-0.4, -0.2) is 55.0 Å². The van der Waals surface area contributed by atoms with E-state index in [9.17, 15) is 13.2 Å². The van der Waals surface area contributed by atoms with Gasteiger partial charge in [0.1, 0.15) is 5.82 Å². The summed E-state index contributed by atoms with van der Waals surface area (Å²) in [6, 6.07) is 19.7. The van der Waals surface area contributed by atoms with Crippen LogP contribution in [0.4, 0.5) is 5.82 Å². The van der Waals surface area contributed by atoms with Gasteiger partial charge in [-0.3, -0.25) is 15.0 Å². The van der Waals surface area contributed by atoms with Crippen LogP contribution in [0.1, 0.15) is 21.5 Å². The molecular weight excluding hydrogens is 484 g/mol. The molecular formula is C25H26N4O4S2. The first-order valence-electron chi connectivity index (χ1n) is 11.1. The lowest BCUT2D eigenvalue weighted by atomic mass is 10.1. The zero-order valence-corrected chi connectivity index (χ0v) is 20.9. The molecule has 2 heterocycles. The fraction of sp³-hybridized carbons (Fsp3) is 0.240. The zero-order valence-electron chi connectivity index (χ0n) is 19.3. The maximum Gasteiger partial charge on any atom is 0.257 e. The second kappa shape index (κ2) is 11.0. The zero-order chi connectivity index (χ0) is 24.8. The fourth-order valence-corrected chi connectivity index (χ4v) is 5.40. The Morgan fingerprint density at radius 2 is 1.80 bits per heavy atom. The quantitative estimate of drug-likeness (QED) is 0.510. The molecule has 0 aliphatic carbocycles. The summed E-state index contributed by atoms with van der Waals surface area (Å²) in [5.74, 6) is 0.0996. The van der Waals surface area contributed by atoms with Crippen molar-refractivity contribution in [2.24, 2.45) is 0 Å². The third-order valence-corrected chi connectivity index (χ3v) is 7.85. The summed E-state index contributed by atoms with van der Waals surface area (Å²) in [6.45, 7) is 3.40. The Labute approximate surface area is 210 Å². The number of carbonyl (C=O) groups is 1. The van der Waals surface area contributed by atoms with E-state index in [1.165, 1.54) is 16.4 Å². The molecule has 35 heavy (non-hydrogen) atoms. The number of sulfonamides is 1. The number of aryl methyl sites for hydroxylation is 1. The standard InChI is InChI=1S/C25H26N4O4S2/c1-19-10-11-21(35(31,32)28-13-15-33-16-14-28)17-22(19)24(30)27-25(34)29(23-9-5-6-12-26-23)18-20-7-3-2-4-8-20/h2-12,17H,13-16,18H2,1H3,(H,27,30,34). The second-order valence-corrected chi connectivity index (χ2v) is 10.3. The molecule has 1 aliphatic heterocycles. The Bertz CT molecular complexity index is 1300. The number of aromatic nitrogens is 1. The van der Waals surface area contributed by atoms with Crippen LogP contribution in [0.25, 0.3) is 0 Å². The summed E-state index contributed by atoms with van der Waals surface area (Å²) in [5.41, 5.74) is 1.87. The number of benzene rings is 2. The van der Waals surface area contributed by atoms with E-state index in [-0.39, 0.29) is 28.7 Å². The lowest BCUT2D eigenvalue weighted by Crippen LogP contribution is -2.43. The van der Waals surface area contributed by atoms with Crippen molar-refractivity contribution in [2.45, 2.75) is 18.4 Å². The largest absolute Gasteiger partial charge is 0.379 e. The number of hydrogen-bond donors (Lipinski definition) is 1. The van der Waals surface area contributed by atoms with Crippen LogP contribution in [0, 0.1) is 6.92 Å². The van der Waals surface area contributed by atoms with Crippen LogP contribution in [0.2, 0.25) is 0 Å². The summed E-state index contributed by atoms with van der Waals surface area (Å²) in [5, 5.41) is 2.93. The number of carbonyl (C=O) groups excluding carboxylic acids is 1. The number of anilines is 1. The molecule has 4 rings (SSSR count). The van der Waals surface area contributed by atoms with Gasteiger partial charge in [-0.1, -0.05) is 42.5 Å². The Morgan fingerprint density at radius 3 is 2.49 bits per heavy atom. The minimum atomic E-state index is -3.74. The summed E-state index contributed by atoms with van der Waals surface area (Å²) in [7, 11) is -3.74. The summed E-state index contributed by atoms with van der Waals surface area (Å²) < 4.78 is 32.8. The van der Waals surface area contributed by atoms with Gasteiger partial charge in [0.15, 0.2) is 5.11 Å². The van der Waals surface area contributed by atoms with Crippen LogP contribution in [0.3, 0.4) is 0 Å². The Morgan fingerprint density at radius 1 is 1.09 bits per heavy atom. The number of ether oxygens (including phenoxy) is 1. The molecule has 1 N–H and O–H groups in total. The molecule has 1 aromatic heterocycles. The first kappa shape index (κ1) is 24.9. The predicted octanol–water partition coefficient (Wildman–Crippen LogP) is 3.13. The van der Waals surface area contributed by atoms with Gasteiger partial charge in [-0.25, -0.2) is 13.4 Å². The van der Waals surface area contributed by atoms with Crippen LogP contribution >= 0.6 is 12.2 Å². The van der Waals surface area contributed by atoms with E-state index in [1.807, 2.05) is 42.5 Å². The lowest BCUT2D eigenvalue weighted by Gasteiger charge is -2.26. The topological polar surface area (TPSA) is 91.8 Å². The molecule has 3 aromatic rings. The van der Waals surface area contributed by atoms with Crippen molar-refractivity contribution in [3.8, 4) is 0 Å². The molecule has 1 fully saturated rings. The van der Waals surface area contributed by atoms with Gasteiger partial charge < -0.3 is 4.74 Å². The summed E-state index contributed by atoms with van der Waals surface area (Å²) in [4.78, 5) is 19.4. The highest BCUT2D eigenvalue weighted by Gasteiger charge is 2.28. The molecule has 1 aliphatic rings. The third-order valence-electron chi connectivity index (χ3n) is 5.64. The predicted molar refractivity (Wildman–Crippen MR) is 138 cm³/mol. The monoisotopic (exact) mass is 510 g/mol. The van der Waals surface area contributed by atoms with Gasteiger partial charge in [0.05, 0.1) is 24.7 Å². The van der Waals surface area contributed by atoms with Gasteiger partial charge in [-0.2, -0.15) is 4.31 Å². The maximum atomic E-state index is 13.2. The minimum absolute atomic E-state index is 0.0620. The first-order valence-corrected chi connectivity index (χ1v) is 13.0. The van der Waals surface area contributed by atoms with Crippen LogP contribution in [0.15, 0.2) is 77.8 Å². The Hall–Kier alpha value is -3.18. The number of amides is 1. The minimum Gasteiger partial charge on any atom is -0.379 e. The van der Waals surface area contributed by atoms with Gasteiger partial charge in [0.2, 0.25) is 10.0 Å². The van der Waals surface area contributed by atoms with E-state index in [0.717, 1.165) is 5.56 Å². The second-order valence-electron chi connectivity index (χ2n) is 8.01. The fourth-order valence-electron chi connectivity index (χ4n) is 3.71.